The van der Waals surface area contributed by atoms with Crippen LogP contribution < -0.4 is 4.90 Å². The molecule has 1 aliphatic rings. The molecule has 1 saturated heterocycles. The summed E-state index contributed by atoms with van der Waals surface area (Å²) in [6, 6.07) is 18.0. The van der Waals surface area contributed by atoms with Crippen LogP contribution in [0, 0.1) is 0 Å². The smallest absolute Gasteiger partial charge is 0.243 e. The van der Waals surface area contributed by atoms with Gasteiger partial charge in [0.15, 0.2) is 5.82 Å². The Bertz CT molecular complexity index is 1080. The molecule has 1 aromatic heterocycles. The maximum Gasteiger partial charge on any atom is 0.243 e. The molecule has 0 amide bonds. The van der Waals surface area contributed by atoms with Gasteiger partial charge < -0.3 is 4.90 Å². The number of aromatic nitrogens is 2. The summed E-state index contributed by atoms with van der Waals surface area (Å²) in [5.74, 6) is 0.739. The summed E-state index contributed by atoms with van der Waals surface area (Å²) in [5, 5.41) is 9.31. The lowest BCUT2D eigenvalue weighted by molar-refractivity contribution is 0.383. The van der Waals surface area contributed by atoms with Crippen molar-refractivity contribution in [2.45, 2.75) is 4.90 Å². The molecule has 0 saturated carbocycles. The van der Waals surface area contributed by atoms with E-state index in [2.05, 4.69) is 26.1 Å². The molecule has 3 aromatic rings. The van der Waals surface area contributed by atoms with Crippen molar-refractivity contribution in [1.82, 2.24) is 14.5 Å². The highest BCUT2D eigenvalue weighted by molar-refractivity contribution is 9.10. The zero-order chi connectivity index (χ0) is 20.4. The topological polar surface area (TPSA) is 66.4 Å². The molecular formula is C20H18BrClN4O2S. The van der Waals surface area contributed by atoms with E-state index in [-0.39, 0.29) is 0 Å². The van der Waals surface area contributed by atoms with Crippen LogP contribution in [-0.4, -0.2) is 49.1 Å². The minimum absolute atomic E-state index is 0.307. The highest BCUT2D eigenvalue weighted by atomic mass is 79.9. The van der Waals surface area contributed by atoms with E-state index >= 15 is 0 Å². The number of hydrogen-bond donors (Lipinski definition) is 0. The van der Waals surface area contributed by atoms with Crippen LogP contribution in [0.25, 0.3) is 11.3 Å². The van der Waals surface area contributed by atoms with Gasteiger partial charge in [-0.25, -0.2) is 8.42 Å². The average molecular weight is 494 g/mol. The van der Waals surface area contributed by atoms with Crippen molar-refractivity contribution >= 4 is 43.4 Å². The van der Waals surface area contributed by atoms with Gasteiger partial charge in [-0.15, -0.1) is 10.2 Å². The standard InChI is InChI=1S/C20H18BrClN4O2S/c21-16-3-7-18(8-4-16)29(27,28)26-13-11-25(12-14-26)20-10-9-19(23-24-20)15-1-5-17(22)6-2-15/h1-10H,11-14H2. The van der Waals surface area contributed by atoms with Gasteiger partial charge in [0, 0.05) is 41.2 Å². The second-order valence-electron chi connectivity index (χ2n) is 6.63. The molecule has 0 radical (unpaired) electrons. The van der Waals surface area contributed by atoms with Crippen LogP contribution in [0.5, 0.6) is 0 Å². The van der Waals surface area contributed by atoms with Crippen LogP contribution in [0.1, 0.15) is 0 Å². The van der Waals surface area contributed by atoms with Crippen molar-refractivity contribution in [2.75, 3.05) is 31.1 Å². The zero-order valence-corrected chi connectivity index (χ0v) is 18.5. The minimum Gasteiger partial charge on any atom is -0.352 e. The monoisotopic (exact) mass is 492 g/mol. The first-order valence-electron chi connectivity index (χ1n) is 9.04. The summed E-state index contributed by atoms with van der Waals surface area (Å²) >= 11 is 9.26. The van der Waals surface area contributed by atoms with E-state index in [9.17, 15) is 8.42 Å². The number of rotatable bonds is 4. The molecule has 4 rings (SSSR count). The van der Waals surface area contributed by atoms with Gasteiger partial charge in [-0.2, -0.15) is 4.31 Å². The highest BCUT2D eigenvalue weighted by Crippen LogP contribution is 2.23. The molecule has 0 unspecified atom stereocenters. The van der Waals surface area contributed by atoms with E-state index in [1.165, 1.54) is 4.31 Å². The summed E-state index contributed by atoms with van der Waals surface area (Å²) < 4.78 is 28.0. The maximum absolute atomic E-state index is 12.8. The predicted molar refractivity (Wildman–Crippen MR) is 118 cm³/mol. The van der Waals surface area contributed by atoms with E-state index in [0.29, 0.717) is 36.1 Å². The Hall–Kier alpha value is -2.00. The Morgan fingerprint density at radius 3 is 2.07 bits per heavy atom. The average Bonchev–Trinajstić information content (AvgIpc) is 2.75. The van der Waals surface area contributed by atoms with Crippen molar-refractivity contribution in [1.29, 1.82) is 0 Å². The molecule has 1 fully saturated rings. The SMILES string of the molecule is O=S(=O)(c1ccc(Br)cc1)N1CCN(c2ccc(-c3ccc(Cl)cc3)nn2)CC1. The van der Waals surface area contributed by atoms with E-state index < -0.39 is 10.0 Å². The van der Waals surface area contributed by atoms with Gasteiger partial charge in [0.05, 0.1) is 10.6 Å². The fraction of sp³-hybridized carbons (Fsp3) is 0.200. The fourth-order valence-electron chi connectivity index (χ4n) is 3.18. The van der Waals surface area contributed by atoms with Gasteiger partial charge in [-0.05, 0) is 48.5 Å². The Morgan fingerprint density at radius 2 is 1.48 bits per heavy atom. The first kappa shape index (κ1) is 20.3. The molecular weight excluding hydrogens is 476 g/mol. The summed E-state index contributed by atoms with van der Waals surface area (Å²) in [6.45, 7) is 1.92. The van der Waals surface area contributed by atoms with Gasteiger partial charge in [0.1, 0.15) is 0 Å². The largest absolute Gasteiger partial charge is 0.352 e. The van der Waals surface area contributed by atoms with Crippen molar-refractivity contribution in [3.8, 4) is 11.3 Å². The lowest BCUT2D eigenvalue weighted by atomic mass is 10.1. The molecule has 0 bridgehead atoms. The zero-order valence-electron chi connectivity index (χ0n) is 15.4. The first-order chi connectivity index (χ1) is 13.9. The molecule has 0 spiro atoms. The van der Waals surface area contributed by atoms with Gasteiger partial charge in [0.2, 0.25) is 10.0 Å². The molecule has 150 valence electrons. The van der Waals surface area contributed by atoms with Crippen LogP contribution >= 0.6 is 27.5 Å². The third-order valence-corrected chi connectivity index (χ3v) is 7.50. The number of hydrogen-bond acceptors (Lipinski definition) is 5. The molecule has 2 heterocycles. The molecule has 0 N–H and O–H groups in total. The second-order valence-corrected chi connectivity index (χ2v) is 9.92. The number of nitrogens with zero attached hydrogens (tertiary/aromatic N) is 4. The Morgan fingerprint density at radius 1 is 0.828 bits per heavy atom. The number of halogens is 2. The van der Waals surface area contributed by atoms with Crippen LogP contribution in [0.15, 0.2) is 70.0 Å². The van der Waals surface area contributed by atoms with E-state index in [1.54, 1.807) is 24.3 Å². The normalized spacial score (nSPS) is 15.4. The quantitative estimate of drug-likeness (QED) is 0.548. The summed E-state index contributed by atoms with van der Waals surface area (Å²) in [4.78, 5) is 2.35. The summed E-state index contributed by atoms with van der Waals surface area (Å²) in [6.07, 6.45) is 0. The van der Waals surface area contributed by atoms with Crippen LogP contribution in [-0.2, 0) is 10.0 Å². The first-order valence-corrected chi connectivity index (χ1v) is 11.6. The molecule has 9 heteroatoms. The third kappa shape index (κ3) is 4.45. The molecule has 0 aliphatic carbocycles. The maximum atomic E-state index is 12.8. The van der Waals surface area contributed by atoms with Crippen molar-refractivity contribution < 1.29 is 8.42 Å². The van der Waals surface area contributed by atoms with Crippen LogP contribution in [0.3, 0.4) is 0 Å². The Labute approximate surface area is 183 Å². The van der Waals surface area contributed by atoms with Gasteiger partial charge >= 0.3 is 0 Å². The van der Waals surface area contributed by atoms with Gasteiger partial charge in [-0.1, -0.05) is 39.7 Å². The van der Waals surface area contributed by atoms with Crippen molar-refractivity contribution in [3.63, 3.8) is 0 Å². The molecule has 29 heavy (non-hydrogen) atoms. The number of anilines is 1. The molecule has 0 atom stereocenters. The minimum atomic E-state index is -3.49. The van der Waals surface area contributed by atoms with Crippen LogP contribution in [0.2, 0.25) is 5.02 Å². The fourth-order valence-corrected chi connectivity index (χ4v) is 4.99. The second kappa shape index (κ2) is 8.39. The highest BCUT2D eigenvalue weighted by Gasteiger charge is 2.29. The molecule has 2 aromatic carbocycles. The van der Waals surface area contributed by atoms with E-state index in [0.717, 1.165) is 21.5 Å². The Kier molecular flexibility index (Phi) is 5.87. The Balaban J connectivity index is 1.43. The molecule has 6 nitrogen and oxygen atoms in total. The molecule has 1 aliphatic heterocycles. The van der Waals surface area contributed by atoms with Crippen LogP contribution in [0.4, 0.5) is 5.82 Å². The van der Waals surface area contributed by atoms with Gasteiger partial charge in [0.25, 0.3) is 0 Å². The summed E-state index contributed by atoms with van der Waals surface area (Å²) in [5.41, 5.74) is 1.71. The predicted octanol–water partition coefficient (Wildman–Crippen LogP) is 4.07. The van der Waals surface area contributed by atoms with Crippen molar-refractivity contribution in [3.05, 3.63) is 70.2 Å². The number of benzene rings is 2. The van der Waals surface area contributed by atoms with E-state index in [4.69, 9.17) is 11.6 Å². The van der Waals surface area contributed by atoms with Gasteiger partial charge in [-0.3, -0.25) is 0 Å². The van der Waals surface area contributed by atoms with Crippen molar-refractivity contribution in [2.24, 2.45) is 0 Å². The summed E-state index contributed by atoms with van der Waals surface area (Å²) in [7, 11) is -3.49. The lowest BCUT2D eigenvalue weighted by Gasteiger charge is -2.34. The lowest BCUT2D eigenvalue weighted by Crippen LogP contribution is -2.48. The number of sulfonamides is 1. The third-order valence-electron chi connectivity index (χ3n) is 4.80. The number of piperazine rings is 1. The van der Waals surface area contributed by atoms with E-state index in [1.807, 2.05) is 41.3 Å².